The lowest BCUT2D eigenvalue weighted by molar-refractivity contribution is 0.173. The van der Waals surface area contributed by atoms with Crippen molar-refractivity contribution in [3.8, 4) is 11.3 Å². The molecule has 0 atom stereocenters. The topological polar surface area (TPSA) is 49.3 Å². The molecule has 1 aliphatic rings. The Labute approximate surface area is 147 Å². The van der Waals surface area contributed by atoms with Crippen molar-refractivity contribution in [3.05, 3.63) is 46.4 Å². The summed E-state index contributed by atoms with van der Waals surface area (Å²) < 4.78 is 0. The second-order valence-electron chi connectivity index (χ2n) is 6.22. The van der Waals surface area contributed by atoms with Crippen molar-refractivity contribution >= 4 is 17.6 Å². The van der Waals surface area contributed by atoms with E-state index < -0.39 is 0 Å². The SMILES string of the molecule is Cc1nc2c(c(-c3ccc(Cl)cc3)n1)CCN(C(=O)N(C)C)CC2. The van der Waals surface area contributed by atoms with Crippen LogP contribution in [0, 0.1) is 6.92 Å². The van der Waals surface area contributed by atoms with Gasteiger partial charge in [-0.05, 0) is 25.5 Å². The molecule has 0 saturated heterocycles. The Balaban J connectivity index is 1.97. The fourth-order valence-corrected chi connectivity index (χ4v) is 3.17. The molecule has 2 aromatic rings. The van der Waals surface area contributed by atoms with Crippen LogP contribution in [0.15, 0.2) is 24.3 Å². The number of amides is 2. The minimum atomic E-state index is 0.0422. The zero-order chi connectivity index (χ0) is 17.3. The fraction of sp³-hybridized carbons (Fsp3) is 0.389. The van der Waals surface area contributed by atoms with Crippen molar-refractivity contribution in [2.24, 2.45) is 0 Å². The standard InChI is InChI=1S/C18H21ClN4O/c1-12-20-16-9-11-23(18(24)22(2)3)10-8-15(16)17(21-12)13-4-6-14(19)7-5-13/h4-7H,8-11H2,1-3H3. The van der Waals surface area contributed by atoms with Gasteiger partial charge >= 0.3 is 6.03 Å². The number of rotatable bonds is 1. The molecule has 2 amide bonds. The minimum Gasteiger partial charge on any atom is -0.331 e. The highest BCUT2D eigenvalue weighted by Crippen LogP contribution is 2.27. The zero-order valence-corrected chi connectivity index (χ0v) is 15.0. The van der Waals surface area contributed by atoms with E-state index in [1.807, 2.05) is 36.1 Å². The lowest BCUT2D eigenvalue weighted by Crippen LogP contribution is -2.40. The summed E-state index contributed by atoms with van der Waals surface area (Å²) in [6.45, 7) is 3.27. The predicted molar refractivity (Wildman–Crippen MR) is 95.3 cm³/mol. The van der Waals surface area contributed by atoms with E-state index in [-0.39, 0.29) is 6.03 Å². The Kier molecular flexibility index (Phi) is 4.71. The van der Waals surface area contributed by atoms with Crippen molar-refractivity contribution < 1.29 is 4.79 Å². The smallest absolute Gasteiger partial charge is 0.319 e. The van der Waals surface area contributed by atoms with Gasteiger partial charge in [0.1, 0.15) is 5.82 Å². The van der Waals surface area contributed by atoms with Crippen molar-refractivity contribution in [1.29, 1.82) is 0 Å². The Morgan fingerprint density at radius 1 is 1.12 bits per heavy atom. The molecule has 126 valence electrons. The number of carbonyl (C=O) groups excluding carboxylic acids is 1. The normalized spacial score (nSPS) is 14.1. The van der Waals surface area contributed by atoms with Crippen molar-refractivity contribution in [3.63, 3.8) is 0 Å². The number of benzene rings is 1. The summed E-state index contributed by atoms with van der Waals surface area (Å²) in [5.74, 6) is 0.756. The minimum absolute atomic E-state index is 0.0422. The van der Waals surface area contributed by atoms with Gasteiger partial charge in [0.25, 0.3) is 0 Å². The molecule has 1 aromatic heterocycles. The molecule has 0 N–H and O–H groups in total. The Bertz CT molecular complexity index is 758. The summed E-state index contributed by atoms with van der Waals surface area (Å²) in [6, 6.07) is 7.76. The number of nitrogens with zero attached hydrogens (tertiary/aromatic N) is 4. The second-order valence-corrected chi connectivity index (χ2v) is 6.65. The van der Waals surface area contributed by atoms with Gasteiger partial charge in [0, 0.05) is 55.4 Å². The van der Waals surface area contributed by atoms with E-state index in [0.29, 0.717) is 18.1 Å². The quantitative estimate of drug-likeness (QED) is 0.798. The number of halogens is 1. The highest BCUT2D eigenvalue weighted by molar-refractivity contribution is 6.30. The van der Waals surface area contributed by atoms with Gasteiger partial charge in [-0.15, -0.1) is 0 Å². The Morgan fingerprint density at radius 3 is 2.46 bits per heavy atom. The molecule has 6 heteroatoms. The number of fused-ring (bicyclic) bond motifs is 1. The van der Waals surface area contributed by atoms with Gasteiger partial charge in [-0.25, -0.2) is 14.8 Å². The van der Waals surface area contributed by atoms with Crippen molar-refractivity contribution in [1.82, 2.24) is 19.8 Å². The van der Waals surface area contributed by atoms with Crippen LogP contribution in [0.5, 0.6) is 0 Å². The number of hydrogen-bond donors (Lipinski definition) is 0. The van der Waals surface area contributed by atoms with E-state index in [4.69, 9.17) is 11.6 Å². The molecule has 24 heavy (non-hydrogen) atoms. The largest absolute Gasteiger partial charge is 0.331 e. The van der Waals surface area contributed by atoms with Crippen LogP contribution in [-0.2, 0) is 12.8 Å². The van der Waals surface area contributed by atoms with Gasteiger partial charge in [-0.2, -0.15) is 0 Å². The van der Waals surface area contributed by atoms with Crippen LogP contribution in [0.4, 0.5) is 4.79 Å². The van der Waals surface area contributed by atoms with Gasteiger partial charge in [-0.1, -0.05) is 23.7 Å². The van der Waals surface area contributed by atoms with Gasteiger partial charge < -0.3 is 9.80 Å². The highest BCUT2D eigenvalue weighted by Gasteiger charge is 2.23. The van der Waals surface area contributed by atoms with E-state index in [9.17, 15) is 4.79 Å². The molecule has 0 fully saturated rings. The maximum Gasteiger partial charge on any atom is 0.319 e. The van der Waals surface area contributed by atoms with Gasteiger partial charge in [-0.3, -0.25) is 0 Å². The maximum absolute atomic E-state index is 12.3. The number of aryl methyl sites for hydroxylation is 1. The van der Waals surface area contributed by atoms with Gasteiger partial charge in [0.05, 0.1) is 5.69 Å². The number of carbonyl (C=O) groups is 1. The molecule has 2 heterocycles. The van der Waals surface area contributed by atoms with Gasteiger partial charge in [0.15, 0.2) is 0 Å². The monoisotopic (exact) mass is 344 g/mol. The van der Waals surface area contributed by atoms with E-state index in [1.54, 1.807) is 19.0 Å². The average molecular weight is 345 g/mol. The van der Waals surface area contributed by atoms with Crippen LogP contribution >= 0.6 is 11.6 Å². The molecular weight excluding hydrogens is 324 g/mol. The van der Waals surface area contributed by atoms with Crippen molar-refractivity contribution in [2.75, 3.05) is 27.2 Å². The Hall–Kier alpha value is -2.14. The lowest BCUT2D eigenvalue weighted by atomic mass is 10.0. The summed E-state index contributed by atoms with van der Waals surface area (Å²) in [4.78, 5) is 25.1. The van der Waals surface area contributed by atoms with Crippen LogP contribution < -0.4 is 0 Å². The molecule has 1 aromatic carbocycles. The first-order chi connectivity index (χ1) is 11.5. The zero-order valence-electron chi connectivity index (χ0n) is 14.2. The number of aromatic nitrogens is 2. The molecule has 3 rings (SSSR count). The van der Waals surface area contributed by atoms with E-state index in [0.717, 1.165) is 41.2 Å². The summed E-state index contributed by atoms with van der Waals surface area (Å²) in [7, 11) is 3.56. The van der Waals surface area contributed by atoms with Crippen molar-refractivity contribution in [2.45, 2.75) is 19.8 Å². The van der Waals surface area contributed by atoms with Gasteiger partial charge in [0.2, 0.25) is 0 Å². The summed E-state index contributed by atoms with van der Waals surface area (Å²) in [5.41, 5.74) is 4.17. The average Bonchev–Trinajstić information content (AvgIpc) is 2.76. The molecule has 0 saturated carbocycles. The van der Waals surface area contributed by atoms with E-state index in [2.05, 4.69) is 9.97 Å². The summed E-state index contributed by atoms with van der Waals surface area (Å²) in [6.07, 6.45) is 1.51. The third-order valence-electron chi connectivity index (χ3n) is 4.23. The number of urea groups is 1. The van der Waals surface area contributed by atoms with E-state index in [1.165, 1.54) is 0 Å². The lowest BCUT2D eigenvalue weighted by Gasteiger charge is -2.24. The fourth-order valence-electron chi connectivity index (χ4n) is 3.04. The molecule has 0 bridgehead atoms. The summed E-state index contributed by atoms with van der Waals surface area (Å²) in [5, 5.41) is 0.707. The molecule has 0 aliphatic carbocycles. The van der Waals surface area contributed by atoms with Crippen LogP contribution in [0.25, 0.3) is 11.3 Å². The molecule has 1 aliphatic heterocycles. The first-order valence-electron chi connectivity index (χ1n) is 8.04. The third kappa shape index (κ3) is 3.36. The number of hydrogen-bond acceptors (Lipinski definition) is 3. The second kappa shape index (κ2) is 6.77. The third-order valence-corrected chi connectivity index (χ3v) is 4.48. The van der Waals surface area contributed by atoms with E-state index >= 15 is 0 Å². The molecule has 0 radical (unpaired) electrons. The molecule has 0 unspecified atom stereocenters. The first kappa shape index (κ1) is 16.7. The van der Waals surface area contributed by atoms with Crippen LogP contribution in [-0.4, -0.2) is 53.0 Å². The Morgan fingerprint density at radius 2 is 1.79 bits per heavy atom. The highest BCUT2D eigenvalue weighted by atomic mass is 35.5. The molecular formula is C18H21ClN4O. The predicted octanol–water partition coefficient (Wildman–Crippen LogP) is 3.19. The molecule has 0 spiro atoms. The van der Waals surface area contributed by atoms with Crippen LogP contribution in [0.3, 0.4) is 0 Å². The first-order valence-corrected chi connectivity index (χ1v) is 8.42. The van der Waals surface area contributed by atoms with Crippen LogP contribution in [0.2, 0.25) is 5.02 Å². The molecule has 5 nitrogen and oxygen atoms in total. The summed E-state index contributed by atoms with van der Waals surface area (Å²) >= 11 is 6.00. The van der Waals surface area contributed by atoms with Crippen LogP contribution in [0.1, 0.15) is 17.1 Å². The maximum atomic E-state index is 12.3.